The van der Waals surface area contributed by atoms with E-state index in [-0.39, 0.29) is 40.4 Å². The minimum absolute atomic E-state index is 0. The van der Waals surface area contributed by atoms with Crippen molar-refractivity contribution in [1.29, 1.82) is 0 Å². The first-order valence-electron chi connectivity index (χ1n) is 3.40. The third-order valence-electron chi connectivity index (χ3n) is 1.66. The van der Waals surface area contributed by atoms with Crippen LogP contribution in [0.5, 0.6) is 0 Å². The van der Waals surface area contributed by atoms with Gasteiger partial charge in [0.15, 0.2) is 0 Å². The molecule has 0 unspecified atom stereocenters. The van der Waals surface area contributed by atoms with E-state index < -0.39 is 0 Å². The number of fused-ring (bicyclic) bond motifs is 1. The number of hydrogen-bond acceptors (Lipinski definition) is 0. The summed E-state index contributed by atoms with van der Waals surface area (Å²) in [7, 11) is 0. The summed E-state index contributed by atoms with van der Waals surface area (Å²) in [5, 5.41) is 2.62. The molecule has 0 nitrogen and oxygen atoms in total. The summed E-state index contributed by atoms with van der Waals surface area (Å²) in [6, 6.07) is 16.7. The molecule has 0 atom stereocenters. The standard InChI is InChI=1S/C10H8.Sm/c1-2-6-10-8-4-3-7-9(10)5-1;/h1-8H;. The second-order valence-corrected chi connectivity index (χ2v) is 2.35. The van der Waals surface area contributed by atoms with Crippen LogP contribution < -0.4 is 0 Å². The van der Waals surface area contributed by atoms with Gasteiger partial charge in [-0.1, -0.05) is 48.5 Å². The first-order chi connectivity index (χ1) is 4.97. The molecule has 11 heavy (non-hydrogen) atoms. The summed E-state index contributed by atoms with van der Waals surface area (Å²) in [6.07, 6.45) is 0. The summed E-state index contributed by atoms with van der Waals surface area (Å²) < 4.78 is 0. The molecule has 0 amide bonds. The second kappa shape index (κ2) is 4.16. The Balaban J connectivity index is 0.000000605. The maximum atomic E-state index is 2.12. The maximum absolute atomic E-state index is 2.12. The van der Waals surface area contributed by atoms with Gasteiger partial charge in [0.1, 0.15) is 0 Å². The van der Waals surface area contributed by atoms with Crippen LogP contribution in [-0.2, 0) is 0 Å². The molecule has 0 saturated heterocycles. The van der Waals surface area contributed by atoms with E-state index in [2.05, 4.69) is 48.5 Å². The van der Waals surface area contributed by atoms with Gasteiger partial charge < -0.3 is 0 Å². The Morgan fingerprint density at radius 1 is 0.545 bits per heavy atom. The molecule has 1 heteroatoms. The Bertz CT molecular complexity index is 276. The first kappa shape index (κ1) is 9.13. The van der Waals surface area contributed by atoms with Crippen LogP contribution in [0, 0.1) is 40.4 Å². The number of benzene rings is 2. The van der Waals surface area contributed by atoms with Crippen molar-refractivity contribution in [2.75, 3.05) is 0 Å². The van der Waals surface area contributed by atoms with Crippen molar-refractivity contribution in [2.45, 2.75) is 0 Å². The van der Waals surface area contributed by atoms with Crippen molar-refractivity contribution in [1.82, 2.24) is 0 Å². The van der Waals surface area contributed by atoms with Gasteiger partial charge in [0.2, 0.25) is 0 Å². The van der Waals surface area contributed by atoms with Gasteiger partial charge in [-0.3, -0.25) is 0 Å². The molecule has 0 fully saturated rings. The SMILES string of the molecule is [Sm].c1ccc2ccccc2c1. The monoisotopic (exact) mass is 280 g/mol. The zero-order valence-corrected chi connectivity index (χ0v) is 8.65. The average molecular weight is 279 g/mol. The van der Waals surface area contributed by atoms with Crippen LogP contribution in [0.3, 0.4) is 0 Å². The second-order valence-electron chi connectivity index (χ2n) is 2.35. The fraction of sp³-hybridized carbons (Fsp3) is 0. The van der Waals surface area contributed by atoms with E-state index in [4.69, 9.17) is 0 Å². The minimum Gasteiger partial charge on any atom is -0.0616 e. The Hall–Kier alpha value is 0.0377. The summed E-state index contributed by atoms with van der Waals surface area (Å²) in [5.41, 5.74) is 0. The molecule has 0 spiro atoms. The van der Waals surface area contributed by atoms with Gasteiger partial charge in [-0.2, -0.15) is 0 Å². The molecule has 0 aliphatic heterocycles. The van der Waals surface area contributed by atoms with Gasteiger partial charge in [-0.05, 0) is 10.8 Å². The molecule has 0 bridgehead atoms. The van der Waals surface area contributed by atoms with E-state index in [9.17, 15) is 0 Å². The molecule has 0 aliphatic carbocycles. The summed E-state index contributed by atoms with van der Waals surface area (Å²) >= 11 is 0. The molecule has 0 aromatic heterocycles. The molecule has 2 aromatic rings. The Labute approximate surface area is 98.7 Å². The molecule has 54 valence electrons. The molecule has 0 radical (unpaired) electrons. The zero-order chi connectivity index (χ0) is 6.81. The molecule has 0 N–H and O–H groups in total. The molecular weight excluding hydrogens is 270 g/mol. The van der Waals surface area contributed by atoms with Crippen molar-refractivity contribution in [3.63, 3.8) is 0 Å². The van der Waals surface area contributed by atoms with Crippen molar-refractivity contribution in [3.8, 4) is 0 Å². The van der Waals surface area contributed by atoms with Crippen LogP contribution >= 0.6 is 0 Å². The van der Waals surface area contributed by atoms with Gasteiger partial charge in [0.05, 0.1) is 0 Å². The topological polar surface area (TPSA) is 0 Å². The van der Waals surface area contributed by atoms with Gasteiger partial charge in [0.25, 0.3) is 0 Å². The van der Waals surface area contributed by atoms with Crippen molar-refractivity contribution >= 4 is 10.8 Å². The quantitative estimate of drug-likeness (QED) is 0.695. The first-order valence-corrected chi connectivity index (χ1v) is 3.40. The van der Waals surface area contributed by atoms with E-state index in [0.717, 1.165) is 0 Å². The fourth-order valence-corrected chi connectivity index (χ4v) is 1.13. The summed E-state index contributed by atoms with van der Waals surface area (Å²) in [5.74, 6) is 0. The van der Waals surface area contributed by atoms with Crippen LogP contribution in [0.2, 0.25) is 0 Å². The van der Waals surface area contributed by atoms with Crippen molar-refractivity contribution in [2.24, 2.45) is 0 Å². The van der Waals surface area contributed by atoms with Crippen LogP contribution in [0.4, 0.5) is 0 Å². The summed E-state index contributed by atoms with van der Waals surface area (Å²) in [4.78, 5) is 0. The predicted molar refractivity (Wildman–Crippen MR) is 43.9 cm³/mol. The largest absolute Gasteiger partial charge is 0.0616 e. The number of hydrogen-bond donors (Lipinski definition) is 0. The molecular formula is C10H8Sm. The zero-order valence-electron chi connectivity index (χ0n) is 6.03. The minimum atomic E-state index is 0. The number of rotatable bonds is 0. The van der Waals surface area contributed by atoms with E-state index in [0.29, 0.717) is 0 Å². The van der Waals surface area contributed by atoms with Crippen LogP contribution in [0.1, 0.15) is 0 Å². The molecule has 2 rings (SSSR count). The smallest absolute Gasteiger partial charge is 0 e. The van der Waals surface area contributed by atoms with Crippen molar-refractivity contribution < 1.29 is 40.4 Å². The van der Waals surface area contributed by atoms with Crippen molar-refractivity contribution in [3.05, 3.63) is 48.5 Å². The van der Waals surface area contributed by atoms with E-state index in [1.807, 2.05) is 0 Å². The summed E-state index contributed by atoms with van der Waals surface area (Å²) in [6.45, 7) is 0. The average Bonchev–Trinajstić information content (AvgIpc) is 2.05. The van der Waals surface area contributed by atoms with E-state index in [1.165, 1.54) is 10.8 Å². The van der Waals surface area contributed by atoms with Gasteiger partial charge in [0, 0.05) is 40.4 Å². The van der Waals surface area contributed by atoms with Crippen LogP contribution in [0.15, 0.2) is 48.5 Å². The third-order valence-corrected chi connectivity index (χ3v) is 1.66. The Morgan fingerprint density at radius 2 is 0.818 bits per heavy atom. The fourth-order valence-electron chi connectivity index (χ4n) is 1.13. The van der Waals surface area contributed by atoms with Gasteiger partial charge in [-0.25, -0.2) is 0 Å². The van der Waals surface area contributed by atoms with Gasteiger partial charge >= 0.3 is 0 Å². The predicted octanol–water partition coefficient (Wildman–Crippen LogP) is 2.84. The van der Waals surface area contributed by atoms with E-state index in [1.54, 1.807) is 0 Å². The molecule has 0 saturated carbocycles. The molecule has 0 heterocycles. The normalized spacial score (nSPS) is 9.09. The molecule has 0 aliphatic rings. The van der Waals surface area contributed by atoms with Crippen LogP contribution in [0.25, 0.3) is 10.8 Å². The molecule has 2 aromatic carbocycles. The van der Waals surface area contributed by atoms with Crippen LogP contribution in [-0.4, -0.2) is 0 Å². The third kappa shape index (κ3) is 1.99. The van der Waals surface area contributed by atoms with Gasteiger partial charge in [-0.15, -0.1) is 0 Å². The Kier molecular flexibility index (Phi) is 3.45. The van der Waals surface area contributed by atoms with E-state index >= 15 is 0 Å². The Morgan fingerprint density at radius 3 is 1.09 bits per heavy atom. The maximum Gasteiger partial charge on any atom is 0 e.